The van der Waals surface area contributed by atoms with Gasteiger partial charge in [0, 0.05) is 0 Å². The molecule has 3 atom stereocenters. The van der Waals surface area contributed by atoms with Crippen molar-refractivity contribution in [2.24, 2.45) is 0 Å². The van der Waals surface area contributed by atoms with Crippen molar-refractivity contribution in [1.82, 2.24) is 0 Å². The van der Waals surface area contributed by atoms with Gasteiger partial charge in [-0.25, -0.2) is 0 Å². The minimum atomic E-state index is -1.42. The van der Waals surface area contributed by atoms with Crippen molar-refractivity contribution in [2.45, 2.75) is 24.7 Å². The van der Waals surface area contributed by atoms with E-state index in [-0.39, 0.29) is 12.4 Å². The largest absolute Gasteiger partial charge is 0.487 e. The fraction of sp³-hybridized carbons (Fsp3) is 0.714. The van der Waals surface area contributed by atoms with Crippen LogP contribution in [0.3, 0.4) is 0 Å². The maximum atomic E-state index is 9.50. The second-order valence-electron chi connectivity index (χ2n) is 2.88. The Morgan fingerprint density at radius 2 is 2.27 bits per heavy atom. The molecule has 1 aliphatic rings. The van der Waals surface area contributed by atoms with Gasteiger partial charge in [-0.1, -0.05) is 6.58 Å². The van der Waals surface area contributed by atoms with Crippen molar-refractivity contribution in [2.75, 3.05) is 6.61 Å². The highest BCUT2D eigenvalue weighted by atomic mass is 16.5. The summed E-state index contributed by atoms with van der Waals surface area (Å²) in [7, 11) is 0. The highest BCUT2D eigenvalue weighted by Gasteiger charge is 2.48. The monoisotopic (exact) mass is 160 g/mol. The maximum Gasteiger partial charge on any atom is 0.153 e. The number of aliphatic hydroxyl groups excluding tert-OH is 2. The molecule has 4 nitrogen and oxygen atoms in total. The van der Waals surface area contributed by atoms with E-state index in [9.17, 15) is 10.2 Å². The summed E-state index contributed by atoms with van der Waals surface area (Å²) in [6.07, 6.45) is -1.88. The molecule has 0 amide bonds. The molecule has 0 unspecified atom stereocenters. The van der Waals surface area contributed by atoms with E-state index in [0.29, 0.717) is 0 Å². The number of rotatable bonds is 1. The van der Waals surface area contributed by atoms with Gasteiger partial charge < -0.3 is 20.1 Å². The predicted octanol–water partition coefficient (Wildman–Crippen LogP) is -0.997. The molecule has 11 heavy (non-hydrogen) atoms. The summed E-state index contributed by atoms with van der Waals surface area (Å²) in [5.74, 6) is 0.106. The molecule has 1 saturated heterocycles. The maximum absolute atomic E-state index is 9.50. The first kappa shape index (κ1) is 8.52. The number of ether oxygens (including phenoxy) is 1. The molecule has 1 rings (SSSR count). The zero-order chi connectivity index (χ0) is 8.65. The lowest BCUT2D eigenvalue weighted by Crippen LogP contribution is -2.45. The van der Waals surface area contributed by atoms with Crippen LogP contribution >= 0.6 is 0 Å². The fourth-order valence-electron chi connectivity index (χ4n) is 1.09. The molecule has 0 aromatic heterocycles. The van der Waals surface area contributed by atoms with Gasteiger partial charge in [0.2, 0.25) is 0 Å². The summed E-state index contributed by atoms with van der Waals surface area (Å²) >= 11 is 0. The molecule has 0 aromatic rings. The third-order valence-electron chi connectivity index (χ3n) is 1.97. The summed E-state index contributed by atoms with van der Waals surface area (Å²) in [5.41, 5.74) is -1.42. The highest BCUT2D eigenvalue weighted by molar-refractivity contribution is 5.12. The second kappa shape index (κ2) is 2.48. The third kappa shape index (κ3) is 1.13. The summed E-state index contributed by atoms with van der Waals surface area (Å²) < 4.78 is 4.89. The van der Waals surface area contributed by atoms with E-state index in [4.69, 9.17) is 9.84 Å². The zero-order valence-corrected chi connectivity index (χ0v) is 6.32. The van der Waals surface area contributed by atoms with Gasteiger partial charge in [0.25, 0.3) is 0 Å². The lowest BCUT2D eigenvalue weighted by Gasteiger charge is -2.23. The number of hydrogen-bond acceptors (Lipinski definition) is 4. The van der Waals surface area contributed by atoms with Gasteiger partial charge >= 0.3 is 0 Å². The van der Waals surface area contributed by atoms with Crippen molar-refractivity contribution < 1.29 is 20.1 Å². The first-order valence-corrected chi connectivity index (χ1v) is 3.37. The molecule has 3 N–H and O–H groups in total. The standard InChI is InChI=1S/C7H12O4/c1-4-6(9)7(2,10)5(3-8)11-4/h5-6,8-10H,1,3H2,2H3/t5-,6+,7-/m1/s1. The first-order chi connectivity index (χ1) is 5.00. The van der Waals surface area contributed by atoms with Gasteiger partial charge in [-0.15, -0.1) is 0 Å². The normalized spacial score (nSPS) is 44.2. The summed E-state index contributed by atoms with van der Waals surface area (Å²) in [6, 6.07) is 0. The molecule has 64 valence electrons. The Hall–Kier alpha value is -0.580. The van der Waals surface area contributed by atoms with Crippen molar-refractivity contribution >= 4 is 0 Å². The third-order valence-corrected chi connectivity index (χ3v) is 1.97. The van der Waals surface area contributed by atoms with Gasteiger partial charge in [-0.05, 0) is 6.92 Å². The molecular weight excluding hydrogens is 148 g/mol. The van der Waals surface area contributed by atoms with Crippen molar-refractivity contribution in [1.29, 1.82) is 0 Å². The van der Waals surface area contributed by atoms with Crippen LogP contribution in [0.1, 0.15) is 6.92 Å². The molecule has 0 aromatic carbocycles. The van der Waals surface area contributed by atoms with E-state index < -0.39 is 17.8 Å². The SMILES string of the molecule is C=C1O[C@H](CO)[C@@](C)(O)[C@H]1O. The number of aliphatic hydroxyl groups is 3. The molecule has 0 saturated carbocycles. The van der Waals surface area contributed by atoms with Crippen LogP contribution in [-0.2, 0) is 4.74 Å². The molecule has 0 spiro atoms. The van der Waals surface area contributed by atoms with Crippen LogP contribution in [0.4, 0.5) is 0 Å². The molecular formula is C7H12O4. The van der Waals surface area contributed by atoms with Gasteiger partial charge in [-0.3, -0.25) is 0 Å². The number of hydrogen-bond donors (Lipinski definition) is 3. The molecule has 0 radical (unpaired) electrons. The van der Waals surface area contributed by atoms with Crippen LogP contribution in [0.5, 0.6) is 0 Å². The molecule has 4 heteroatoms. The Morgan fingerprint density at radius 3 is 2.45 bits per heavy atom. The van der Waals surface area contributed by atoms with E-state index >= 15 is 0 Å². The van der Waals surface area contributed by atoms with Gasteiger partial charge in [0.15, 0.2) is 6.10 Å². The summed E-state index contributed by atoms with van der Waals surface area (Å²) in [4.78, 5) is 0. The molecule has 1 aliphatic heterocycles. The van der Waals surface area contributed by atoms with Crippen molar-refractivity contribution in [3.63, 3.8) is 0 Å². The Balaban J connectivity index is 2.82. The minimum absolute atomic E-state index is 0.106. The summed E-state index contributed by atoms with van der Waals surface area (Å²) in [5, 5.41) is 27.4. The average molecular weight is 160 g/mol. The second-order valence-corrected chi connectivity index (χ2v) is 2.88. The molecule has 1 fully saturated rings. The fourth-order valence-corrected chi connectivity index (χ4v) is 1.09. The lowest BCUT2D eigenvalue weighted by molar-refractivity contribution is -0.0787. The van der Waals surface area contributed by atoms with Crippen LogP contribution in [0.25, 0.3) is 0 Å². The van der Waals surface area contributed by atoms with E-state index in [1.54, 1.807) is 0 Å². The van der Waals surface area contributed by atoms with Gasteiger partial charge in [-0.2, -0.15) is 0 Å². The van der Waals surface area contributed by atoms with E-state index in [0.717, 1.165) is 0 Å². The van der Waals surface area contributed by atoms with Crippen molar-refractivity contribution in [3.8, 4) is 0 Å². The summed E-state index contributed by atoms with van der Waals surface area (Å²) in [6.45, 7) is 4.45. The smallest absolute Gasteiger partial charge is 0.153 e. The molecule has 1 heterocycles. The molecule has 0 aliphatic carbocycles. The Labute approximate surface area is 64.7 Å². The van der Waals surface area contributed by atoms with Crippen LogP contribution in [0, 0.1) is 0 Å². The van der Waals surface area contributed by atoms with E-state index in [1.165, 1.54) is 6.92 Å². The average Bonchev–Trinajstić information content (AvgIpc) is 2.13. The van der Waals surface area contributed by atoms with Crippen LogP contribution in [0.15, 0.2) is 12.3 Å². The predicted molar refractivity (Wildman–Crippen MR) is 37.7 cm³/mol. The van der Waals surface area contributed by atoms with Gasteiger partial charge in [0.1, 0.15) is 17.5 Å². The Bertz CT molecular complexity index is 175. The van der Waals surface area contributed by atoms with Crippen LogP contribution in [0.2, 0.25) is 0 Å². The Morgan fingerprint density at radius 1 is 1.73 bits per heavy atom. The van der Waals surface area contributed by atoms with Crippen molar-refractivity contribution in [3.05, 3.63) is 12.3 Å². The Kier molecular flexibility index (Phi) is 1.92. The topological polar surface area (TPSA) is 69.9 Å². The van der Waals surface area contributed by atoms with Gasteiger partial charge in [0.05, 0.1) is 6.61 Å². The zero-order valence-electron chi connectivity index (χ0n) is 6.32. The van der Waals surface area contributed by atoms with Crippen LogP contribution in [-0.4, -0.2) is 39.7 Å². The first-order valence-electron chi connectivity index (χ1n) is 3.37. The van der Waals surface area contributed by atoms with E-state index in [2.05, 4.69) is 6.58 Å². The highest BCUT2D eigenvalue weighted by Crippen LogP contribution is 2.31. The lowest BCUT2D eigenvalue weighted by atomic mass is 9.95. The quantitative estimate of drug-likeness (QED) is 0.460. The minimum Gasteiger partial charge on any atom is -0.487 e. The molecule has 0 bridgehead atoms. The van der Waals surface area contributed by atoms with E-state index in [1.807, 2.05) is 0 Å². The van der Waals surface area contributed by atoms with Crippen LogP contribution < -0.4 is 0 Å².